The van der Waals surface area contributed by atoms with Crippen LogP contribution in [0.2, 0.25) is 0 Å². The number of para-hydroxylation sites is 2. The molecule has 74 valence electrons. The molecule has 0 aliphatic heterocycles. The molecule has 4 heteroatoms. The van der Waals surface area contributed by atoms with Gasteiger partial charge in [0.2, 0.25) is 6.33 Å². The van der Waals surface area contributed by atoms with Crippen molar-refractivity contribution in [2.24, 2.45) is 7.05 Å². The summed E-state index contributed by atoms with van der Waals surface area (Å²) in [6.45, 7) is 0. The highest BCUT2D eigenvalue weighted by Gasteiger charge is 2.07. The Hall–Kier alpha value is -1.04. The van der Waals surface area contributed by atoms with E-state index in [1.54, 1.807) is 6.07 Å². The molecule has 0 unspecified atom stereocenters. The number of hydrogen-bond acceptors (Lipinski definition) is 1. The van der Waals surface area contributed by atoms with Gasteiger partial charge >= 0.3 is 0 Å². The second kappa shape index (κ2) is 4.45. The Bertz CT molecular complexity index is 426. The lowest BCUT2D eigenvalue weighted by Gasteiger charge is -1.97. The van der Waals surface area contributed by atoms with Gasteiger partial charge in [0, 0.05) is 0 Å². The highest BCUT2D eigenvalue weighted by Crippen LogP contribution is 2.19. The van der Waals surface area contributed by atoms with Gasteiger partial charge in [-0.3, -0.25) is 0 Å². The lowest BCUT2D eigenvalue weighted by Crippen LogP contribution is -3.00. The summed E-state index contributed by atoms with van der Waals surface area (Å²) in [6, 6.07) is 7.25. The summed E-state index contributed by atoms with van der Waals surface area (Å²) in [4.78, 5) is 0. The summed E-state index contributed by atoms with van der Waals surface area (Å²) in [5.41, 5.74) is 0.795. The zero-order valence-corrected chi connectivity index (χ0v) is 9.92. The maximum absolute atomic E-state index is 9.54. The maximum Gasteiger partial charge on any atom is 0.248 e. The first-order valence-corrected chi connectivity index (χ1v) is 4.09. The van der Waals surface area contributed by atoms with E-state index in [4.69, 9.17) is 0 Å². The van der Waals surface area contributed by atoms with E-state index in [0.29, 0.717) is 5.75 Å². The van der Waals surface area contributed by atoms with E-state index in [9.17, 15) is 5.11 Å². The highest BCUT2D eigenvalue weighted by molar-refractivity contribution is 5.44. The number of imidazole rings is 1. The summed E-state index contributed by atoms with van der Waals surface area (Å²) < 4.78 is 3.79. The molecule has 0 saturated carbocycles. The molecule has 0 radical (unpaired) electrons. The minimum Gasteiger partial charge on any atom is -1.00 e. The first-order chi connectivity index (χ1) is 6.27. The number of aromatic nitrogens is 2. The smallest absolute Gasteiger partial charge is 0.248 e. The maximum atomic E-state index is 9.54. The molecule has 1 heterocycles. The highest BCUT2D eigenvalue weighted by atomic mass is 127. The van der Waals surface area contributed by atoms with E-state index < -0.39 is 0 Å². The summed E-state index contributed by atoms with van der Waals surface area (Å²) >= 11 is 0. The Labute approximate surface area is 99.6 Å². The second-order valence-corrected chi connectivity index (χ2v) is 2.98. The quantitative estimate of drug-likeness (QED) is 0.480. The Kier molecular flexibility index (Phi) is 3.51. The van der Waals surface area contributed by atoms with Crippen LogP contribution in [0, 0.1) is 0 Å². The molecule has 0 aliphatic carbocycles. The van der Waals surface area contributed by atoms with Gasteiger partial charge in [-0.25, -0.2) is 4.57 Å². The fourth-order valence-electron chi connectivity index (χ4n) is 1.28. The number of halogens is 1. The third kappa shape index (κ3) is 2.06. The molecule has 0 fully saturated rings. The van der Waals surface area contributed by atoms with Crippen molar-refractivity contribution in [3.63, 3.8) is 0 Å². The molecular formula is C10H11IN2O. The van der Waals surface area contributed by atoms with Crippen LogP contribution in [-0.4, -0.2) is 9.67 Å². The molecule has 0 amide bonds. The van der Waals surface area contributed by atoms with Crippen molar-refractivity contribution in [2.45, 2.75) is 0 Å². The van der Waals surface area contributed by atoms with Crippen molar-refractivity contribution in [1.29, 1.82) is 0 Å². The number of aromatic hydroxyl groups is 1. The Morgan fingerprint density at radius 2 is 2.00 bits per heavy atom. The van der Waals surface area contributed by atoms with Gasteiger partial charge in [0.1, 0.15) is 12.4 Å². The van der Waals surface area contributed by atoms with Gasteiger partial charge in [-0.15, -0.1) is 0 Å². The van der Waals surface area contributed by atoms with E-state index in [0.717, 1.165) is 5.69 Å². The monoisotopic (exact) mass is 302 g/mol. The summed E-state index contributed by atoms with van der Waals surface area (Å²) in [5, 5.41) is 9.54. The molecule has 0 atom stereocenters. The van der Waals surface area contributed by atoms with Gasteiger partial charge < -0.3 is 29.1 Å². The molecule has 0 spiro atoms. The SMILES string of the molecule is C[n+]1ccn(-c2ccccc2O)c1.[I-]. The number of phenols is 1. The largest absolute Gasteiger partial charge is 1.00 e. The Morgan fingerprint density at radius 1 is 1.29 bits per heavy atom. The van der Waals surface area contributed by atoms with Gasteiger partial charge in [-0.1, -0.05) is 12.1 Å². The minimum atomic E-state index is 0. The molecule has 1 aromatic carbocycles. The van der Waals surface area contributed by atoms with Crippen molar-refractivity contribution >= 4 is 0 Å². The molecule has 0 saturated heterocycles. The van der Waals surface area contributed by atoms with Crippen LogP contribution in [0.25, 0.3) is 5.69 Å². The summed E-state index contributed by atoms with van der Waals surface area (Å²) in [7, 11) is 1.94. The third-order valence-electron chi connectivity index (χ3n) is 1.93. The van der Waals surface area contributed by atoms with Crippen molar-refractivity contribution in [3.8, 4) is 11.4 Å². The van der Waals surface area contributed by atoms with Gasteiger partial charge in [0.05, 0.1) is 7.05 Å². The van der Waals surface area contributed by atoms with Crippen LogP contribution in [0.4, 0.5) is 0 Å². The predicted molar refractivity (Wildman–Crippen MR) is 48.6 cm³/mol. The lowest BCUT2D eigenvalue weighted by molar-refractivity contribution is -0.670. The van der Waals surface area contributed by atoms with Crippen LogP contribution < -0.4 is 28.5 Å². The number of hydrogen-bond donors (Lipinski definition) is 1. The standard InChI is InChI=1S/C10H10N2O.HI/c1-11-6-7-12(8-11)9-4-2-3-5-10(9)13;/h2-8H,1H3;1H. The van der Waals surface area contributed by atoms with Crippen LogP contribution >= 0.6 is 0 Å². The topological polar surface area (TPSA) is 29.0 Å². The van der Waals surface area contributed by atoms with E-state index in [1.807, 2.05) is 53.1 Å². The number of rotatable bonds is 1. The van der Waals surface area contributed by atoms with Gasteiger partial charge in [0.15, 0.2) is 11.4 Å². The molecule has 3 nitrogen and oxygen atoms in total. The van der Waals surface area contributed by atoms with E-state index in [-0.39, 0.29) is 24.0 Å². The third-order valence-corrected chi connectivity index (χ3v) is 1.93. The molecule has 1 aromatic heterocycles. The molecule has 0 bridgehead atoms. The van der Waals surface area contributed by atoms with Crippen molar-refractivity contribution in [3.05, 3.63) is 43.0 Å². The average Bonchev–Trinajstić information content (AvgIpc) is 2.53. The number of nitrogens with zero attached hydrogens (tertiary/aromatic N) is 2. The zero-order valence-electron chi connectivity index (χ0n) is 7.76. The van der Waals surface area contributed by atoms with Crippen molar-refractivity contribution in [1.82, 2.24) is 4.57 Å². The Balaban J connectivity index is 0.000000980. The number of benzene rings is 1. The summed E-state index contributed by atoms with van der Waals surface area (Å²) in [6.07, 6.45) is 5.72. The van der Waals surface area contributed by atoms with Crippen LogP contribution in [-0.2, 0) is 7.05 Å². The molecule has 2 rings (SSSR count). The summed E-state index contributed by atoms with van der Waals surface area (Å²) in [5.74, 6) is 0.290. The first-order valence-electron chi connectivity index (χ1n) is 4.09. The van der Waals surface area contributed by atoms with Crippen LogP contribution in [0.15, 0.2) is 43.0 Å². The number of phenolic OH excluding ortho intramolecular Hbond substituents is 1. The normalized spacial score (nSPS) is 9.50. The Morgan fingerprint density at radius 3 is 2.57 bits per heavy atom. The van der Waals surface area contributed by atoms with Gasteiger partial charge in [-0.2, -0.15) is 4.57 Å². The fraction of sp³-hybridized carbons (Fsp3) is 0.100. The van der Waals surface area contributed by atoms with Crippen LogP contribution in [0.1, 0.15) is 0 Å². The lowest BCUT2D eigenvalue weighted by atomic mass is 10.3. The fourth-order valence-corrected chi connectivity index (χ4v) is 1.28. The molecule has 2 aromatic rings. The van der Waals surface area contributed by atoms with Crippen LogP contribution in [0.5, 0.6) is 5.75 Å². The molecular weight excluding hydrogens is 291 g/mol. The van der Waals surface area contributed by atoms with Gasteiger partial charge in [0.25, 0.3) is 0 Å². The zero-order chi connectivity index (χ0) is 9.26. The van der Waals surface area contributed by atoms with E-state index >= 15 is 0 Å². The molecule has 14 heavy (non-hydrogen) atoms. The first kappa shape index (κ1) is 11.0. The van der Waals surface area contributed by atoms with E-state index in [2.05, 4.69) is 0 Å². The minimum absolute atomic E-state index is 0. The van der Waals surface area contributed by atoms with Crippen molar-refractivity contribution < 1.29 is 33.7 Å². The van der Waals surface area contributed by atoms with Crippen molar-refractivity contribution in [2.75, 3.05) is 0 Å². The van der Waals surface area contributed by atoms with Gasteiger partial charge in [-0.05, 0) is 12.1 Å². The second-order valence-electron chi connectivity index (χ2n) is 2.98. The predicted octanol–water partition coefficient (Wildman–Crippen LogP) is -1.99. The average molecular weight is 302 g/mol. The molecule has 0 aliphatic rings. The van der Waals surface area contributed by atoms with E-state index in [1.165, 1.54) is 0 Å². The molecule has 1 N–H and O–H groups in total. The van der Waals surface area contributed by atoms with Crippen LogP contribution in [0.3, 0.4) is 0 Å². The number of aryl methyl sites for hydroxylation is 1.